The van der Waals surface area contributed by atoms with E-state index in [1.807, 2.05) is 31.2 Å². The summed E-state index contributed by atoms with van der Waals surface area (Å²) in [6.07, 6.45) is 0. The van der Waals surface area contributed by atoms with Crippen molar-refractivity contribution in [2.45, 2.75) is 32.4 Å². The summed E-state index contributed by atoms with van der Waals surface area (Å²) in [6, 6.07) is 7.44. The highest BCUT2D eigenvalue weighted by Gasteiger charge is 2.16. The van der Waals surface area contributed by atoms with E-state index in [1.54, 1.807) is 11.3 Å². The lowest BCUT2D eigenvalue weighted by Crippen LogP contribution is -2.08. The van der Waals surface area contributed by atoms with Crippen molar-refractivity contribution in [3.63, 3.8) is 0 Å². The summed E-state index contributed by atoms with van der Waals surface area (Å²) < 4.78 is 10.9. The van der Waals surface area contributed by atoms with Crippen molar-refractivity contribution in [3.8, 4) is 0 Å². The number of benzene rings is 1. The van der Waals surface area contributed by atoms with Crippen molar-refractivity contribution in [1.29, 1.82) is 0 Å². The molecule has 4 aromatic rings. The fraction of sp³-hybridized carbons (Fsp3) is 0.263. The van der Waals surface area contributed by atoms with Crippen LogP contribution in [0, 0.1) is 20.8 Å². The number of ether oxygens (including phenoxy) is 1. The highest BCUT2D eigenvalue weighted by atomic mass is 32.2. The Kier molecular flexibility index (Phi) is 4.84. The third-order valence-electron chi connectivity index (χ3n) is 4.13. The van der Waals surface area contributed by atoms with Crippen molar-refractivity contribution in [2.24, 2.45) is 0 Å². The lowest BCUT2D eigenvalue weighted by molar-refractivity contribution is -0.142. The first kappa shape index (κ1) is 17.9. The van der Waals surface area contributed by atoms with Gasteiger partial charge in [0.05, 0.1) is 5.75 Å². The minimum absolute atomic E-state index is 0.0167. The Morgan fingerprint density at radius 1 is 1.19 bits per heavy atom. The van der Waals surface area contributed by atoms with Gasteiger partial charge in [-0.25, -0.2) is 15.0 Å². The number of hydrogen-bond donors (Lipinski definition) is 0. The van der Waals surface area contributed by atoms with E-state index in [9.17, 15) is 4.79 Å². The van der Waals surface area contributed by atoms with Crippen LogP contribution in [0.2, 0.25) is 0 Å². The molecule has 0 N–H and O–H groups in total. The Bertz CT molecular complexity index is 1120. The standard InChI is InChI=1S/C19H17N3O3S2/c1-10-11(2)27-19-17(10)18(20-12(3)21-19)26-9-16(23)24-8-15-22-13-6-4-5-7-14(13)25-15/h4-7H,8-9H2,1-3H3. The third kappa shape index (κ3) is 3.68. The number of esters is 1. The Hall–Kier alpha value is -2.45. The molecule has 0 aliphatic carbocycles. The summed E-state index contributed by atoms with van der Waals surface area (Å²) in [5.41, 5.74) is 2.59. The van der Waals surface area contributed by atoms with Crippen LogP contribution in [0.15, 0.2) is 33.7 Å². The number of aromatic nitrogens is 3. The number of hydrogen-bond acceptors (Lipinski definition) is 8. The monoisotopic (exact) mass is 399 g/mol. The Morgan fingerprint density at radius 3 is 2.81 bits per heavy atom. The average molecular weight is 399 g/mol. The van der Waals surface area contributed by atoms with Crippen LogP contribution < -0.4 is 0 Å². The smallest absolute Gasteiger partial charge is 0.316 e. The Morgan fingerprint density at radius 2 is 2.00 bits per heavy atom. The van der Waals surface area contributed by atoms with Crippen molar-refractivity contribution in [3.05, 3.63) is 46.4 Å². The maximum absolute atomic E-state index is 12.2. The van der Waals surface area contributed by atoms with Crippen LogP contribution in [0.1, 0.15) is 22.2 Å². The SMILES string of the molecule is Cc1nc(SCC(=O)OCc2nc3ccccc3o2)c2c(C)c(C)sc2n1. The van der Waals surface area contributed by atoms with Gasteiger partial charge in [-0.05, 0) is 38.5 Å². The first-order chi connectivity index (χ1) is 13.0. The van der Waals surface area contributed by atoms with E-state index < -0.39 is 0 Å². The molecule has 0 aliphatic rings. The molecule has 6 nitrogen and oxygen atoms in total. The maximum atomic E-state index is 12.2. The van der Waals surface area contributed by atoms with E-state index in [-0.39, 0.29) is 18.3 Å². The molecule has 1 aromatic carbocycles. The van der Waals surface area contributed by atoms with E-state index in [1.165, 1.54) is 16.6 Å². The molecular weight excluding hydrogens is 382 g/mol. The molecule has 3 heterocycles. The fourth-order valence-electron chi connectivity index (χ4n) is 2.71. The molecule has 0 radical (unpaired) electrons. The topological polar surface area (TPSA) is 78.1 Å². The zero-order valence-electron chi connectivity index (χ0n) is 15.1. The number of oxazole rings is 1. The highest BCUT2D eigenvalue weighted by Crippen LogP contribution is 2.35. The second kappa shape index (κ2) is 7.28. The van der Waals surface area contributed by atoms with Gasteiger partial charge in [0.15, 0.2) is 12.2 Å². The lowest BCUT2D eigenvalue weighted by Gasteiger charge is -2.05. The van der Waals surface area contributed by atoms with Crippen LogP contribution in [0.3, 0.4) is 0 Å². The molecular formula is C19H17N3O3S2. The molecule has 4 rings (SSSR count). The number of thioether (sulfide) groups is 1. The molecule has 0 unspecified atom stereocenters. The number of aryl methyl sites for hydroxylation is 3. The fourth-order valence-corrected chi connectivity index (χ4v) is 4.78. The van der Waals surface area contributed by atoms with E-state index in [2.05, 4.69) is 28.8 Å². The molecule has 0 aliphatic heterocycles. The molecule has 27 heavy (non-hydrogen) atoms. The van der Waals surface area contributed by atoms with Gasteiger partial charge < -0.3 is 9.15 Å². The van der Waals surface area contributed by atoms with E-state index in [0.717, 1.165) is 26.3 Å². The van der Waals surface area contributed by atoms with Gasteiger partial charge in [0.2, 0.25) is 5.89 Å². The molecule has 0 amide bonds. The molecule has 0 spiro atoms. The largest absolute Gasteiger partial charge is 0.455 e. The van der Waals surface area contributed by atoms with Crippen LogP contribution in [0.25, 0.3) is 21.3 Å². The summed E-state index contributed by atoms with van der Waals surface area (Å²) in [5.74, 6) is 0.918. The summed E-state index contributed by atoms with van der Waals surface area (Å²) in [6.45, 7) is 6.00. The molecule has 138 valence electrons. The van der Waals surface area contributed by atoms with Gasteiger partial charge in [0.25, 0.3) is 0 Å². The zero-order chi connectivity index (χ0) is 19.0. The molecule has 3 aromatic heterocycles. The van der Waals surface area contributed by atoms with Gasteiger partial charge in [-0.15, -0.1) is 11.3 Å². The number of carbonyl (C=O) groups is 1. The average Bonchev–Trinajstić information content (AvgIpc) is 3.18. The first-order valence-corrected chi connectivity index (χ1v) is 10.2. The van der Waals surface area contributed by atoms with Gasteiger partial charge in [-0.2, -0.15) is 0 Å². The summed E-state index contributed by atoms with van der Waals surface area (Å²) >= 11 is 3.02. The van der Waals surface area contributed by atoms with E-state index in [0.29, 0.717) is 17.3 Å². The van der Waals surface area contributed by atoms with Crippen LogP contribution in [-0.2, 0) is 16.1 Å². The summed E-state index contributed by atoms with van der Waals surface area (Å²) in [7, 11) is 0. The van der Waals surface area contributed by atoms with Crippen molar-refractivity contribution < 1.29 is 13.9 Å². The van der Waals surface area contributed by atoms with E-state index >= 15 is 0 Å². The minimum Gasteiger partial charge on any atom is -0.455 e. The van der Waals surface area contributed by atoms with Gasteiger partial charge in [-0.1, -0.05) is 23.9 Å². The van der Waals surface area contributed by atoms with Gasteiger partial charge in [0, 0.05) is 10.3 Å². The van der Waals surface area contributed by atoms with Gasteiger partial charge in [-0.3, -0.25) is 4.79 Å². The van der Waals surface area contributed by atoms with Crippen molar-refractivity contribution in [2.75, 3.05) is 5.75 Å². The predicted octanol–water partition coefficient (Wildman–Crippen LogP) is 4.59. The number of carbonyl (C=O) groups excluding carboxylic acids is 1. The summed E-state index contributed by atoms with van der Waals surface area (Å²) in [4.78, 5) is 27.6. The first-order valence-electron chi connectivity index (χ1n) is 8.38. The second-order valence-corrected chi connectivity index (χ2v) is 8.23. The zero-order valence-corrected chi connectivity index (χ0v) is 16.7. The molecule has 0 bridgehead atoms. The maximum Gasteiger partial charge on any atom is 0.316 e. The highest BCUT2D eigenvalue weighted by molar-refractivity contribution is 8.00. The third-order valence-corrected chi connectivity index (χ3v) is 6.18. The van der Waals surface area contributed by atoms with Gasteiger partial charge >= 0.3 is 5.97 Å². The van der Waals surface area contributed by atoms with Crippen LogP contribution >= 0.6 is 23.1 Å². The number of fused-ring (bicyclic) bond motifs is 2. The molecule has 8 heteroatoms. The number of rotatable bonds is 5. The second-order valence-electron chi connectivity index (χ2n) is 6.06. The van der Waals surface area contributed by atoms with E-state index in [4.69, 9.17) is 9.15 Å². The van der Waals surface area contributed by atoms with Crippen molar-refractivity contribution in [1.82, 2.24) is 15.0 Å². The minimum atomic E-state index is -0.337. The number of thiophene rings is 1. The molecule has 0 saturated carbocycles. The molecule has 0 atom stereocenters. The molecule has 0 fully saturated rings. The van der Waals surface area contributed by atoms with Crippen molar-refractivity contribution >= 4 is 50.4 Å². The van der Waals surface area contributed by atoms with Crippen LogP contribution in [-0.4, -0.2) is 26.7 Å². The van der Waals surface area contributed by atoms with Crippen LogP contribution in [0.4, 0.5) is 0 Å². The van der Waals surface area contributed by atoms with Gasteiger partial charge in [0.1, 0.15) is 21.2 Å². The Balaban J connectivity index is 1.42. The summed E-state index contributed by atoms with van der Waals surface area (Å²) in [5, 5.41) is 1.85. The predicted molar refractivity (Wildman–Crippen MR) is 106 cm³/mol. The van der Waals surface area contributed by atoms with Crippen LogP contribution in [0.5, 0.6) is 0 Å². The molecule has 0 saturated heterocycles. The number of para-hydroxylation sites is 2. The normalized spacial score (nSPS) is 11.4. The Labute approximate surface area is 164 Å². The quantitative estimate of drug-likeness (QED) is 0.276. The number of nitrogens with zero attached hydrogens (tertiary/aromatic N) is 3. The lowest BCUT2D eigenvalue weighted by atomic mass is 10.2.